The van der Waals surface area contributed by atoms with Gasteiger partial charge in [0.15, 0.2) is 0 Å². The van der Waals surface area contributed by atoms with Crippen molar-refractivity contribution in [2.75, 3.05) is 5.75 Å². The Labute approximate surface area is 139 Å². The van der Waals surface area contributed by atoms with Crippen LogP contribution in [0.4, 0.5) is 0 Å². The first-order valence-corrected chi connectivity index (χ1v) is 6.78. The zero-order chi connectivity index (χ0) is 11.5. The van der Waals surface area contributed by atoms with Crippen LogP contribution in [0.1, 0.15) is 36.0 Å². The average Bonchev–Trinajstić information content (AvgIpc) is 2.34. The second-order valence-electron chi connectivity index (χ2n) is 5.39. The van der Waals surface area contributed by atoms with Crippen molar-refractivity contribution in [3.8, 4) is 0 Å². The fourth-order valence-electron chi connectivity index (χ4n) is 3.42. The molecule has 2 fully saturated rings. The molecule has 90 valence electrons. The van der Waals surface area contributed by atoms with E-state index in [1.807, 2.05) is 13.8 Å². The van der Waals surface area contributed by atoms with Gasteiger partial charge in [-0.1, -0.05) is 13.8 Å². The Morgan fingerprint density at radius 1 is 1.50 bits per heavy atom. The molecule has 2 bridgehead atoms. The maximum absolute atomic E-state index is 11.9. The van der Waals surface area contributed by atoms with Crippen molar-refractivity contribution in [1.82, 2.24) is 0 Å². The number of hydrogen-bond acceptors (Lipinski definition) is 3. The molecule has 2 aliphatic carbocycles. The van der Waals surface area contributed by atoms with Gasteiger partial charge in [0.2, 0.25) is 0 Å². The molecule has 2 saturated carbocycles. The minimum absolute atomic E-state index is 0. The molecule has 0 aromatic carbocycles. The number of Topliss-reactive ketones (excluding diaryl/α,β-unsaturated/α-hetero) is 1. The maximum Gasteiger partial charge on any atom is 2.00 e. The second kappa shape index (κ2) is 4.36. The van der Waals surface area contributed by atoms with Crippen LogP contribution in [-0.2, 0) is 14.9 Å². The van der Waals surface area contributed by atoms with Crippen molar-refractivity contribution >= 4 is 64.8 Å². The summed E-state index contributed by atoms with van der Waals surface area (Å²) in [4.78, 5) is 11.9. The van der Waals surface area contributed by atoms with Gasteiger partial charge in [0.25, 0.3) is 10.1 Å². The molecule has 0 aliphatic heterocycles. The van der Waals surface area contributed by atoms with Gasteiger partial charge in [-0.25, -0.2) is 0 Å². The minimum atomic E-state index is -4.08. The Hall–Kier alpha value is 1.15. The molecule has 6 heteroatoms. The number of fused-ring (bicyclic) bond motifs is 2. The quantitative estimate of drug-likeness (QED) is 0.583. The van der Waals surface area contributed by atoms with Crippen LogP contribution in [0.15, 0.2) is 0 Å². The van der Waals surface area contributed by atoms with Crippen LogP contribution >= 0.6 is 0 Å². The molecule has 0 aromatic heterocycles. The molecule has 0 spiro atoms. The van der Waals surface area contributed by atoms with Gasteiger partial charge in [-0.3, -0.25) is 9.35 Å². The maximum atomic E-state index is 11.9. The zero-order valence-electron chi connectivity index (χ0n) is 11.7. The summed E-state index contributed by atoms with van der Waals surface area (Å²) >= 11 is 0. The van der Waals surface area contributed by atoms with Crippen molar-refractivity contribution in [2.45, 2.75) is 33.1 Å². The van der Waals surface area contributed by atoms with E-state index < -0.39 is 21.3 Å². The topological polar surface area (TPSA) is 71.4 Å². The summed E-state index contributed by atoms with van der Waals surface area (Å²) in [5.41, 5.74) is -1.12. The standard InChI is InChI=1S/C10H16O4S.Ba.2H/c1-9(2)7-3-4-10(9,8(11)5-7)6-15(12,13)14;;;/h7H,3-6H2,1-2H3,(H,12,13,14);;;/q;+2;2*-1. The fourth-order valence-corrected chi connectivity index (χ4v) is 4.72. The summed E-state index contributed by atoms with van der Waals surface area (Å²) in [6.45, 7) is 3.89. The first-order chi connectivity index (χ1) is 6.69. The molecule has 0 amide bonds. The average molecular weight is 372 g/mol. The zero-order valence-corrected chi connectivity index (χ0v) is 15.0. The van der Waals surface area contributed by atoms with Crippen molar-refractivity contribution in [1.29, 1.82) is 0 Å². The minimum Gasteiger partial charge on any atom is -1.00 e. The van der Waals surface area contributed by atoms with E-state index in [-0.39, 0.29) is 68.9 Å². The molecule has 0 heterocycles. The predicted octanol–water partition coefficient (Wildman–Crippen LogP) is 1.11. The largest absolute Gasteiger partial charge is 2.00 e. The number of ketones is 1. The van der Waals surface area contributed by atoms with Gasteiger partial charge in [-0.15, -0.1) is 0 Å². The van der Waals surface area contributed by atoms with E-state index in [1.54, 1.807) is 0 Å². The molecule has 1 N–H and O–H groups in total. The Morgan fingerprint density at radius 2 is 2.06 bits per heavy atom. The van der Waals surface area contributed by atoms with Crippen molar-refractivity contribution < 1.29 is 20.6 Å². The summed E-state index contributed by atoms with van der Waals surface area (Å²) in [6, 6.07) is 0. The molecular weight excluding hydrogens is 354 g/mol. The molecule has 2 atom stereocenters. The van der Waals surface area contributed by atoms with Gasteiger partial charge in [-0.05, 0) is 24.2 Å². The van der Waals surface area contributed by atoms with Crippen LogP contribution in [0, 0.1) is 16.7 Å². The van der Waals surface area contributed by atoms with Crippen molar-refractivity contribution in [3.05, 3.63) is 0 Å². The third kappa shape index (κ3) is 2.08. The molecule has 4 nitrogen and oxygen atoms in total. The fraction of sp³-hybridized carbons (Fsp3) is 0.900. The summed E-state index contributed by atoms with van der Waals surface area (Å²) < 4.78 is 31.0. The van der Waals surface area contributed by atoms with Gasteiger partial charge < -0.3 is 2.85 Å². The number of carbonyl (C=O) groups excluding carboxylic acids is 1. The number of carbonyl (C=O) groups is 1. The van der Waals surface area contributed by atoms with E-state index in [9.17, 15) is 13.2 Å². The molecule has 2 rings (SSSR count). The first-order valence-electron chi connectivity index (χ1n) is 5.17. The second-order valence-corrected chi connectivity index (χ2v) is 6.85. The molecule has 0 radical (unpaired) electrons. The summed E-state index contributed by atoms with van der Waals surface area (Å²) in [5.74, 6) is -0.101. The monoisotopic (exact) mass is 372 g/mol. The number of rotatable bonds is 2. The Kier molecular flexibility index (Phi) is 4.15. The third-order valence-electron chi connectivity index (χ3n) is 4.57. The van der Waals surface area contributed by atoms with Gasteiger partial charge in [-0.2, -0.15) is 8.42 Å². The number of hydrogen-bond donors (Lipinski definition) is 1. The molecule has 16 heavy (non-hydrogen) atoms. The molecule has 2 aliphatic rings. The van der Waals surface area contributed by atoms with E-state index in [2.05, 4.69) is 0 Å². The van der Waals surface area contributed by atoms with Crippen LogP contribution in [0.2, 0.25) is 0 Å². The molecule has 0 saturated heterocycles. The molecule has 2 unspecified atom stereocenters. The van der Waals surface area contributed by atoms with Crippen LogP contribution in [-0.4, -0.2) is 73.4 Å². The predicted molar refractivity (Wildman–Crippen MR) is 63.0 cm³/mol. The van der Waals surface area contributed by atoms with E-state index in [4.69, 9.17) is 4.55 Å². The summed E-state index contributed by atoms with van der Waals surface area (Å²) in [6.07, 6.45) is 1.97. The summed E-state index contributed by atoms with van der Waals surface area (Å²) in [7, 11) is -4.08. The molecular formula is C10H18BaO4S. The van der Waals surface area contributed by atoms with Crippen molar-refractivity contribution in [2.24, 2.45) is 16.7 Å². The van der Waals surface area contributed by atoms with Gasteiger partial charge in [0.1, 0.15) is 5.78 Å². The van der Waals surface area contributed by atoms with Crippen LogP contribution in [0.25, 0.3) is 0 Å². The van der Waals surface area contributed by atoms with Crippen LogP contribution in [0.5, 0.6) is 0 Å². The van der Waals surface area contributed by atoms with E-state index in [0.29, 0.717) is 12.8 Å². The van der Waals surface area contributed by atoms with E-state index >= 15 is 0 Å². The Morgan fingerprint density at radius 3 is 2.38 bits per heavy atom. The van der Waals surface area contributed by atoms with Crippen LogP contribution < -0.4 is 0 Å². The first kappa shape index (κ1) is 15.2. The van der Waals surface area contributed by atoms with E-state index in [0.717, 1.165) is 6.42 Å². The third-order valence-corrected chi connectivity index (χ3v) is 5.43. The van der Waals surface area contributed by atoms with Crippen molar-refractivity contribution in [3.63, 3.8) is 0 Å². The Balaban J connectivity index is 0. The normalized spacial score (nSPS) is 36.2. The van der Waals surface area contributed by atoms with Gasteiger partial charge in [0.05, 0.1) is 11.2 Å². The van der Waals surface area contributed by atoms with E-state index in [1.165, 1.54) is 0 Å². The summed E-state index contributed by atoms with van der Waals surface area (Å²) in [5, 5.41) is 0. The van der Waals surface area contributed by atoms with Gasteiger partial charge >= 0.3 is 48.9 Å². The Bertz CT molecular complexity index is 424. The SMILES string of the molecule is CC1(C)C2CCC1(CS(=O)(=O)O)C(=O)C2.[Ba+2].[H-].[H-]. The van der Waals surface area contributed by atoms with Gasteiger partial charge in [0, 0.05) is 6.42 Å². The smallest absolute Gasteiger partial charge is 1.00 e. The van der Waals surface area contributed by atoms with Crippen LogP contribution in [0.3, 0.4) is 0 Å². The molecule has 0 aromatic rings.